The summed E-state index contributed by atoms with van der Waals surface area (Å²) in [5, 5.41) is 7.97. The van der Waals surface area contributed by atoms with Crippen molar-refractivity contribution in [2.24, 2.45) is 0 Å². The summed E-state index contributed by atoms with van der Waals surface area (Å²) in [5.41, 5.74) is 3.52. The Morgan fingerprint density at radius 1 is 1.50 bits per heavy atom. The molecule has 0 spiro atoms. The van der Waals surface area contributed by atoms with E-state index in [-0.39, 0.29) is 18.1 Å². The number of nitrogens with zero attached hydrogens (tertiary/aromatic N) is 2. The van der Waals surface area contributed by atoms with Crippen LogP contribution in [-0.2, 0) is 4.74 Å². The first-order valence-corrected chi connectivity index (χ1v) is 8.20. The summed E-state index contributed by atoms with van der Waals surface area (Å²) in [7, 11) is 0. The van der Waals surface area contributed by atoms with Gasteiger partial charge in [-0.05, 0) is 25.8 Å². The Hall–Kier alpha value is -1.99. The molecule has 0 unspecified atom stereocenters. The highest BCUT2D eigenvalue weighted by molar-refractivity contribution is 7.07. The predicted octanol–water partition coefficient (Wildman–Crippen LogP) is 2.77. The van der Waals surface area contributed by atoms with E-state index in [0.29, 0.717) is 11.4 Å². The number of amides is 1. The molecule has 1 fully saturated rings. The molecule has 0 saturated carbocycles. The maximum atomic E-state index is 12.1. The van der Waals surface area contributed by atoms with Gasteiger partial charge in [0.15, 0.2) is 0 Å². The molecule has 22 heavy (non-hydrogen) atoms. The lowest BCUT2D eigenvalue weighted by Gasteiger charge is -2.22. The Labute approximate surface area is 132 Å². The minimum Gasteiger partial charge on any atom is -0.378 e. The predicted molar refractivity (Wildman–Crippen MR) is 86.4 cm³/mol. The second-order valence-electron chi connectivity index (χ2n) is 5.23. The molecule has 1 saturated heterocycles. The van der Waals surface area contributed by atoms with Crippen LogP contribution in [0.4, 0.5) is 11.4 Å². The van der Waals surface area contributed by atoms with Crippen LogP contribution in [-0.4, -0.2) is 34.6 Å². The van der Waals surface area contributed by atoms with Crippen LogP contribution in [0.5, 0.6) is 0 Å². The average Bonchev–Trinajstić information content (AvgIpc) is 3.23. The largest absolute Gasteiger partial charge is 0.378 e. The molecule has 1 aliphatic heterocycles. The van der Waals surface area contributed by atoms with Crippen molar-refractivity contribution >= 4 is 28.6 Å². The van der Waals surface area contributed by atoms with Crippen molar-refractivity contribution in [1.82, 2.24) is 9.97 Å². The number of hydrogen-bond acceptors (Lipinski definition) is 6. The summed E-state index contributed by atoms with van der Waals surface area (Å²) in [4.78, 5) is 20.2. The fourth-order valence-corrected chi connectivity index (χ4v) is 3.00. The molecule has 7 heteroatoms. The van der Waals surface area contributed by atoms with Crippen LogP contribution in [0.3, 0.4) is 0 Å². The SMILES string of the molecule is C[C@@H](Nc1ccncc1NC(=O)c1cscn1)[C@H]1CCCO1. The van der Waals surface area contributed by atoms with Gasteiger partial charge >= 0.3 is 0 Å². The van der Waals surface area contributed by atoms with E-state index in [0.717, 1.165) is 25.1 Å². The second-order valence-corrected chi connectivity index (χ2v) is 5.95. The minimum absolute atomic E-state index is 0.167. The number of pyridine rings is 1. The summed E-state index contributed by atoms with van der Waals surface area (Å²) in [6, 6.07) is 2.02. The summed E-state index contributed by atoms with van der Waals surface area (Å²) < 4.78 is 5.69. The highest BCUT2D eigenvalue weighted by atomic mass is 32.1. The van der Waals surface area contributed by atoms with Crippen LogP contribution >= 0.6 is 11.3 Å². The zero-order chi connectivity index (χ0) is 15.4. The monoisotopic (exact) mass is 318 g/mol. The van der Waals surface area contributed by atoms with Crippen molar-refractivity contribution < 1.29 is 9.53 Å². The molecular formula is C15H18N4O2S. The summed E-state index contributed by atoms with van der Waals surface area (Å²) in [6.45, 7) is 2.91. The fraction of sp³-hybridized carbons (Fsp3) is 0.400. The number of anilines is 2. The molecular weight excluding hydrogens is 300 g/mol. The minimum atomic E-state index is -0.234. The van der Waals surface area contributed by atoms with Crippen molar-refractivity contribution in [2.75, 3.05) is 17.2 Å². The third-order valence-electron chi connectivity index (χ3n) is 3.64. The highest BCUT2D eigenvalue weighted by Gasteiger charge is 2.23. The number of nitrogens with one attached hydrogen (secondary N) is 2. The van der Waals surface area contributed by atoms with Crippen LogP contribution in [0.1, 0.15) is 30.3 Å². The first kappa shape index (κ1) is 14.9. The molecule has 0 aliphatic carbocycles. The third-order valence-corrected chi connectivity index (χ3v) is 4.23. The van der Waals surface area contributed by atoms with E-state index < -0.39 is 0 Å². The van der Waals surface area contributed by atoms with Gasteiger partial charge in [0.2, 0.25) is 0 Å². The van der Waals surface area contributed by atoms with Gasteiger partial charge in [-0.1, -0.05) is 0 Å². The second kappa shape index (κ2) is 6.85. The Kier molecular flexibility index (Phi) is 4.65. The number of ether oxygens (including phenoxy) is 1. The van der Waals surface area contributed by atoms with E-state index in [1.165, 1.54) is 11.3 Å². The number of aromatic nitrogens is 2. The van der Waals surface area contributed by atoms with Crippen molar-refractivity contribution in [2.45, 2.75) is 31.9 Å². The summed E-state index contributed by atoms with van der Waals surface area (Å²) in [5.74, 6) is -0.234. The number of thiazole rings is 1. The molecule has 2 N–H and O–H groups in total. The first-order chi connectivity index (χ1) is 10.7. The molecule has 1 amide bonds. The van der Waals surface area contributed by atoms with Crippen molar-refractivity contribution in [3.63, 3.8) is 0 Å². The molecule has 0 bridgehead atoms. The van der Waals surface area contributed by atoms with E-state index in [1.54, 1.807) is 23.3 Å². The van der Waals surface area contributed by atoms with Crippen molar-refractivity contribution in [3.05, 3.63) is 35.0 Å². The standard InChI is InChI=1S/C15H18N4O2S/c1-10(14-3-2-6-21-14)18-11-4-5-16-7-12(11)19-15(20)13-8-22-9-17-13/h4-5,7-10,14H,2-3,6H2,1H3,(H,16,18)(H,19,20)/t10-,14-/m1/s1. The summed E-state index contributed by atoms with van der Waals surface area (Å²) >= 11 is 1.39. The van der Waals surface area contributed by atoms with E-state index >= 15 is 0 Å². The lowest BCUT2D eigenvalue weighted by molar-refractivity contribution is 0.0997. The number of carbonyl (C=O) groups is 1. The smallest absolute Gasteiger partial charge is 0.275 e. The number of rotatable bonds is 5. The van der Waals surface area contributed by atoms with Crippen LogP contribution in [0.25, 0.3) is 0 Å². The Morgan fingerprint density at radius 3 is 3.14 bits per heavy atom. The Bertz CT molecular complexity index is 626. The maximum absolute atomic E-state index is 12.1. The molecule has 3 heterocycles. The van der Waals surface area contributed by atoms with Crippen LogP contribution in [0, 0.1) is 0 Å². The van der Waals surface area contributed by atoms with E-state index in [4.69, 9.17) is 4.74 Å². The first-order valence-electron chi connectivity index (χ1n) is 7.26. The van der Waals surface area contributed by atoms with Gasteiger partial charge in [-0.2, -0.15) is 0 Å². The van der Waals surface area contributed by atoms with Crippen LogP contribution in [0.2, 0.25) is 0 Å². The van der Waals surface area contributed by atoms with Gasteiger partial charge in [-0.25, -0.2) is 4.98 Å². The molecule has 2 atom stereocenters. The van der Waals surface area contributed by atoms with Crippen LogP contribution in [0.15, 0.2) is 29.4 Å². The molecule has 0 radical (unpaired) electrons. The quantitative estimate of drug-likeness (QED) is 0.886. The van der Waals surface area contributed by atoms with Gasteiger partial charge < -0.3 is 15.4 Å². The zero-order valence-corrected chi connectivity index (χ0v) is 13.1. The molecule has 0 aromatic carbocycles. The molecule has 2 aromatic rings. The summed E-state index contributed by atoms with van der Waals surface area (Å²) in [6.07, 6.45) is 5.69. The fourth-order valence-electron chi connectivity index (χ4n) is 2.47. The van der Waals surface area contributed by atoms with Gasteiger partial charge in [0, 0.05) is 24.2 Å². The Balaban J connectivity index is 1.70. The average molecular weight is 318 g/mol. The van der Waals surface area contributed by atoms with Crippen molar-refractivity contribution in [3.8, 4) is 0 Å². The van der Waals surface area contributed by atoms with Gasteiger partial charge in [0.05, 0.1) is 29.2 Å². The molecule has 2 aromatic heterocycles. The molecule has 3 rings (SSSR count). The Morgan fingerprint density at radius 2 is 2.41 bits per heavy atom. The number of carbonyl (C=O) groups excluding carboxylic acids is 1. The van der Waals surface area contributed by atoms with E-state index in [9.17, 15) is 4.79 Å². The van der Waals surface area contributed by atoms with Crippen molar-refractivity contribution in [1.29, 1.82) is 0 Å². The number of hydrogen-bond donors (Lipinski definition) is 2. The lowest BCUT2D eigenvalue weighted by atomic mass is 10.1. The maximum Gasteiger partial charge on any atom is 0.275 e. The normalized spacial score (nSPS) is 18.9. The third kappa shape index (κ3) is 3.42. The molecule has 116 valence electrons. The molecule has 1 aliphatic rings. The van der Waals surface area contributed by atoms with Gasteiger partial charge in [0.25, 0.3) is 5.91 Å². The van der Waals surface area contributed by atoms with E-state index in [2.05, 4.69) is 27.5 Å². The van der Waals surface area contributed by atoms with Gasteiger partial charge in [0.1, 0.15) is 5.69 Å². The van der Waals surface area contributed by atoms with Gasteiger partial charge in [-0.15, -0.1) is 11.3 Å². The topological polar surface area (TPSA) is 76.1 Å². The highest BCUT2D eigenvalue weighted by Crippen LogP contribution is 2.24. The lowest BCUT2D eigenvalue weighted by Crippen LogP contribution is -2.30. The van der Waals surface area contributed by atoms with E-state index in [1.807, 2.05) is 6.07 Å². The van der Waals surface area contributed by atoms with Gasteiger partial charge in [-0.3, -0.25) is 9.78 Å². The zero-order valence-electron chi connectivity index (χ0n) is 12.3. The van der Waals surface area contributed by atoms with Crippen LogP contribution < -0.4 is 10.6 Å². The molecule has 6 nitrogen and oxygen atoms in total.